The van der Waals surface area contributed by atoms with Gasteiger partial charge in [0.25, 0.3) is 0 Å². The van der Waals surface area contributed by atoms with Crippen LogP contribution < -0.4 is 5.32 Å². The molecule has 2 aromatic rings. The van der Waals surface area contributed by atoms with Crippen LogP contribution in [0.3, 0.4) is 0 Å². The summed E-state index contributed by atoms with van der Waals surface area (Å²) < 4.78 is 1.06. The van der Waals surface area contributed by atoms with Crippen LogP contribution >= 0.6 is 15.9 Å². The summed E-state index contributed by atoms with van der Waals surface area (Å²) in [6.07, 6.45) is 1.86. The highest BCUT2D eigenvalue weighted by Crippen LogP contribution is 2.49. The molecule has 0 aromatic heterocycles. The van der Waals surface area contributed by atoms with Crippen molar-refractivity contribution in [3.8, 4) is 0 Å². The molecule has 0 bridgehead atoms. The zero-order chi connectivity index (χ0) is 15.0. The van der Waals surface area contributed by atoms with Gasteiger partial charge in [0.1, 0.15) is 0 Å². The lowest BCUT2D eigenvalue weighted by atomic mass is 9.94. The number of hydrogen-bond donors (Lipinski definition) is 1. The van der Waals surface area contributed by atoms with Crippen LogP contribution in [0.15, 0.2) is 46.9 Å². The predicted molar refractivity (Wildman–Crippen MR) is 89.6 cm³/mol. The van der Waals surface area contributed by atoms with E-state index < -0.39 is 0 Å². The Kier molecular flexibility index (Phi) is 3.62. The number of carbonyl (C=O) groups is 1. The molecule has 0 heterocycles. The molecule has 108 valence electrons. The lowest BCUT2D eigenvalue weighted by molar-refractivity contribution is -0.118. The first-order valence-corrected chi connectivity index (χ1v) is 7.95. The number of halogens is 1. The molecule has 0 saturated heterocycles. The molecule has 3 heteroatoms. The molecule has 1 saturated carbocycles. The fourth-order valence-corrected chi connectivity index (χ4v) is 2.86. The van der Waals surface area contributed by atoms with Gasteiger partial charge >= 0.3 is 0 Å². The van der Waals surface area contributed by atoms with E-state index in [9.17, 15) is 4.79 Å². The number of carbonyl (C=O) groups excluding carboxylic acids is 1. The molecule has 21 heavy (non-hydrogen) atoms. The number of benzene rings is 2. The van der Waals surface area contributed by atoms with E-state index in [1.165, 1.54) is 5.56 Å². The van der Waals surface area contributed by atoms with Gasteiger partial charge in [0.15, 0.2) is 0 Å². The summed E-state index contributed by atoms with van der Waals surface area (Å²) in [5.41, 5.74) is 4.00. The monoisotopic (exact) mass is 343 g/mol. The zero-order valence-corrected chi connectivity index (χ0v) is 13.8. The van der Waals surface area contributed by atoms with Gasteiger partial charge in [0.05, 0.1) is 5.41 Å². The van der Waals surface area contributed by atoms with Gasteiger partial charge in [0, 0.05) is 10.2 Å². The quantitative estimate of drug-likeness (QED) is 0.856. The SMILES string of the molecule is Cc1ccc(C2(C(=O)Nc3ccc(Br)c(C)c3)CC2)cc1. The second-order valence-electron chi connectivity index (χ2n) is 5.87. The molecule has 1 aliphatic carbocycles. The number of anilines is 1. The van der Waals surface area contributed by atoms with Crippen molar-refractivity contribution in [1.29, 1.82) is 0 Å². The Labute approximate surface area is 133 Å². The molecule has 1 fully saturated rings. The third-order valence-electron chi connectivity index (χ3n) is 4.20. The van der Waals surface area contributed by atoms with Crippen LogP contribution in [0.25, 0.3) is 0 Å². The fourth-order valence-electron chi connectivity index (χ4n) is 2.62. The van der Waals surface area contributed by atoms with Gasteiger partial charge in [-0.2, -0.15) is 0 Å². The molecule has 1 N–H and O–H groups in total. The number of hydrogen-bond acceptors (Lipinski definition) is 1. The maximum absolute atomic E-state index is 12.7. The lowest BCUT2D eigenvalue weighted by Crippen LogP contribution is -2.27. The topological polar surface area (TPSA) is 29.1 Å². The minimum Gasteiger partial charge on any atom is -0.325 e. The third kappa shape index (κ3) is 2.75. The van der Waals surface area contributed by atoms with Crippen LogP contribution in [0.5, 0.6) is 0 Å². The van der Waals surface area contributed by atoms with Crippen molar-refractivity contribution in [1.82, 2.24) is 0 Å². The van der Waals surface area contributed by atoms with Gasteiger partial charge < -0.3 is 5.32 Å². The van der Waals surface area contributed by atoms with Crippen molar-refractivity contribution in [2.75, 3.05) is 5.32 Å². The van der Waals surface area contributed by atoms with E-state index in [4.69, 9.17) is 0 Å². The van der Waals surface area contributed by atoms with Gasteiger partial charge in [-0.3, -0.25) is 4.79 Å². The average Bonchev–Trinajstić information content (AvgIpc) is 3.25. The second kappa shape index (κ2) is 5.30. The van der Waals surface area contributed by atoms with Crippen LogP contribution in [-0.4, -0.2) is 5.91 Å². The van der Waals surface area contributed by atoms with E-state index in [1.807, 2.05) is 25.1 Å². The van der Waals surface area contributed by atoms with Crippen molar-refractivity contribution >= 4 is 27.5 Å². The van der Waals surface area contributed by atoms with E-state index in [0.29, 0.717) is 0 Å². The maximum atomic E-state index is 12.7. The van der Waals surface area contributed by atoms with Crippen LogP contribution in [-0.2, 0) is 10.2 Å². The van der Waals surface area contributed by atoms with Gasteiger partial charge in [0.2, 0.25) is 5.91 Å². The molecule has 2 aromatic carbocycles. The van der Waals surface area contributed by atoms with E-state index in [2.05, 4.69) is 52.4 Å². The van der Waals surface area contributed by atoms with Gasteiger partial charge in [-0.05, 0) is 56.0 Å². The van der Waals surface area contributed by atoms with Gasteiger partial charge in [-0.1, -0.05) is 45.8 Å². The number of aryl methyl sites for hydroxylation is 2. The molecule has 0 spiro atoms. The molecule has 0 atom stereocenters. The Morgan fingerprint density at radius 3 is 2.33 bits per heavy atom. The smallest absolute Gasteiger partial charge is 0.235 e. The average molecular weight is 344 g/mol. The standard InChI is InChI=1S/C18H18BrNO/c1-12-3-5-14(6-4-12)18(9-10-18)17(21)20-15-7-8-16(19)13(2)11-15/h3-8,11H,9-10H2,1-2H3,(H,20,21). The molecule has 0 radical (unpaired) electrons. The Hall–Kier alpha value is -1.61. The minimum atomic E-state index is -0.325. The molecular weight excluding hydrogens is 326 g/mol. The Morgan fingerprint density at radius 2 is 1.76 bits per heavy atom. The van der Waals surface area contributed by atoms with Gasteiger partial charge in [-0.15, -0.1) is 0 Å². The summed E-state index contributed by atoms with van der Waals surface area (Å²) in [6, 6.07) is 14.2. The highest BCUT2D eigenvalue weighted by atomic mass is 79.9. The first-order valence-electron chi connectivity index (χ1n) is 7.16. The van der Waals surface area contributed by atoms with Gasteiger partial charge in [-0.25, -0.2) is 0 Å². The van der Waals surface area contributed by atoms with Crippen LogP contribution in [0.1, 0.15) is 29.5 Å². The Balaban J connectivity index is 1.81. The molecule has 1 amide bonds. The summed E-state index contributed by atoms with van der Waals surface area (Å²) in [7, 11) is 0. The molecule has 1 aliphatic rings. The zero-order valence-electron chi connectivity index (χ0n) is 12.2. The van der Waals surface area contributed by atoms with E-state index in [0.717, 1.165) is 34.1 Å². The maximum Gasteiger partial charge on any atom is 0.235 e. The van der Waals surface area contributed by atoms with Crippen molar-refractivity contribution in [2.24, 2.45) is 0 Å². The summed E-state index contributed by atoms with van der Waals surface area (Å²) in [5.74, 6) is 0.105. The molecular formula is C18H18BrNO. The van der Waals surface area contributed by atoms with E-state index in [1.54, 1.807) is 0 Å². The lowest BCUT2D eigenvalue weighted by Gasteiger charge is -2.16. The minimum absolute atomic E-state index is 0.105. The van der Waals surface area contributed by atoms with Crippen molar-refractivity contribution in [2.45, 2.75) is 32.1 Å². The number of nitrogens with one attached hydrogen (secondary N) is 1. The molecule has 3 rings (SSSR count). The molecule has 0 aliphatic heterocycles. The number of rotatable bonds is 3. The van der Waals surface area contributed by atoms with Crippen molar-refractivity contribution in [3.05, 3.63) is 63.6 Å². The largest absolute Gasteiger partial charge is 0.325 e. The predicted octanol–water partition coefficient (Wildman–Crippen LogP) is 4.74. The van der Waals surface area contributed by atoms with Crippen LogP contribution in [0.2, 0.25) is 0 Å². The summed E-state index contributed by atoms with van der Waals surface area (Å²) in [5, 5.41) is 3.07. The normalized spacial score (nSPS) is 15.6. The first-order chi connectivity index (χ1) is 10.0. The number of amides is 1. The Bertz CT molecular complexity index is 687. The highest BCUT2D eigenvalue weighted by Gasteiger charge is 2.51. The summed E-state index contributed by atoms with van der Waals surface area (Å²) in [4.78, 5) is 12.7. The molecule has 2 nitrogen and oxygen atoms in total. The summed E-state index contributed by atoms with van der Waals surface area (Å²) >= 11 is 3.48. The van der Waals surface area contributed by atoms with Crippen LogP contribution in [0.4, 0.5) is 5.69 Å². The second-order valence-corrected chi connectivity index (χ2v) is 6.72. The van der Waals surface area contributed by atoms with Crippen molar-refractivity contribution in [3.63, 3.8) is 0 Å². The fraction of sp³-hybridized carbons (Fsp3) is 0.278. The van der Waals surface area contributed by atoms with E-state index >= 15 is 0 Å². The summed E-state index contributed by atoms with van der Waals surface area (Å²) in [6.45, 7) is 4.08. The van der Waals surface area contributed by atoms with E-state index in [-0.39, 0.29) is 11.3 Å². The van der Waals surface area contributed by atoms with Crippen LogP contribution in [0, 0.1) is 13.8 Å². The van der Waals surface area contributed by atoms with Crippen molar-refractivity contribution < 1.29 is 4.79 Å². The Morgan fingerprint density at radius 1 is 1.10 bits per heavy atom. The first kappa shape index (κ1) is 14.3. The highest BCUT2D eigenvalue weighted by molar-refractivity contribution is 9.10. The molecule has 0 unspecified atom stereocenters. The third-order valence-corrected chi connectivity index (χ3v) is 5.09.